The number of nitrogens with zero attached hydrogens (tertiary/aromatic N) is 1. The lowest BCUT2D eigenvalue weighted by molar-refractivity contribution is 0.0697. The highest BCUT2D eigenvalue weighted by Crippen LogP contribution is 2.44. The molecule has 0 spiro atoms. The minimum absolute atomic E-state index is 0.119. The van der Waals surface area contributed by atoms with Crippen molar-refractivity contribution in [3.8, 4) is 22.6 Å². The summed E-state index contributed by atoms with van der Waals surface area (Å²) in [5.41, 5.74) is 3.91. The lowest BCUT2D eigenvalue weighted by Gasteiger charge is -2.28. The highest BCUT2D eigenvalue weighted by atomic mass is 19.1. The molecule has 0 saturated heterocycles. The molecule has 6 heteroatoms. The van der Waals surface area contributed by atoms with Crippen LogP contribution in [0.2, 0.25) is 0 Å². The lowest BCUT2D eigenvalue weighted by atomic mass is 9.84. The predicted octanol–water partition coefficient (Wildman–Crippen LogP) is 5.76. The van der Waals surface area contributed by atoms with Crippen LogP contribution in [0.5, 0.6) is 5.75 Å². The number of carboxylic acids is 1. The molecule has 4 rings (SSSR count). The van der Waals surface area contributed by atoms with E-state index in [4.69, 9.17) is 4.74 Å². The molecule has 0 bridgehead atoms. The van der Waals surface area contributed by atoms with E-state index in [1.165, 1.54) is 12.1 Å². The molecule has 0 aliphatic carbocycles. The van der Waals surface area contributed by atoms with E-state index in [0.717, 1.165) is 33.4 Å². The molecule has 32 heavy (non-hydrogen) atoms. The Balaban J connectivity index is 2.13. The fraction of sp³-hybridized carbons (Fsp3) is 0.192. The van der Waals surface area contributed by atoms with Crippen LogP contribution in [0.15, 0.2) is 66.7 Å². The maximum absolute atomic E-state index is 13.7. The number of benzene rings is 3. The molecule has 5 nitrogen and oxygen atoms in total. The molecule has 0 atom stereocenters. The van der Waals surface area contributed by atoms with Crippen LogP contribution in [0.4, 0.5) is 4.39 Å². The molecule has 164 valence electrons. The first-order chi connectivity index (χ1) is 15.2. The van der Waals surface area contributed by atoms with Gasteiger partial charge in [0.05, 0.1) is 17.7 Å². The maximum atomic E-state index is 13.7. The van der Waals surface area contributed by atoms with Gasteiger partial charge in [-0.15, -0.1) is 0 Å². The van der Waals surface area contributed by atoms with Gasteiger partial charge in [-0.2, -0.15) is 0 Å². The Morgan fingerprint density at radius 3 is 2.28 bits per heavy atom. The summed E-state index contributed by atoms with van der Waals surface area (Å²) in [7, 11) is 1.64. The predicted molar refractivity (Wildman–Crippen MR) is 122 cm³/mol. The zero-order valence-corrected chi connectivity index (χ0v) is 18.1. The van der Waals surface area contributed by atoms with Gasteiger partial charge in [0, 0.05) is 34.9 Å². The maximum Gasteiger partial charge on any atom is 0.335 e. The van der Waals surface area contributed by atoms with Gasteiger partial charge >= 0.3 is 5.97 Å². The number of aromatic nitrogens is 1. The van der Waals surface area contributed by atoms with Gasteiger partial charge in [-0.3, -0.25) is 0 Å². The topological polar surface area (TPSA) is 71.7 Å². The molecule has 0 aliphatic heterocycles. The van der Waals surface area contributed by atoms with E-state index >= 15 is 0 Å². The van der Waals surface area contributed by atoms with Crippen LogP contribution >= 0.6 is 0 Å². The molecule has 0 amide bonds. The number of phenols is 1. The summed E-state index contributed by atoms with van der Waals surface area (Å²) in [4.78, 5) is 11.3. The van der Waals surface area contributed by atoms with Crippen LogP contribution < -0.4 is 0 Å². The number of ether oxygens (including phenoxy) is 1. The van der Waals surface area contributed by atoms with Crippen molar-refractivity contribution in [2.45, 2.75) is 19.3 Å². The number of phenolic OH excluding ortho intramolecular Hbond substituents is 1. The Kier molecular flexibility index (Phi) is 5.48. The van der Waals surface area contributed by atoms with Gasteiger partial charge in [-0.05, 0) is 60.2 Å². The molecule has 0 unspecified atom stereocenters. The van der Waals surface area contributed by atoms with E-state index in [9.17, 15) is 19.4 Å². The van der Waals surface area contributed by atoms with Gasteiger partial charge in [0.1, 0.15) is 11.6 Å². The number of rotatable bonds is 6. The van der Waals surface area contributed by atoms with Crippen LogP contribution in [-0.2, 0) is 10.2 Å². The monoisotopic (exact) mass is 433 g/mol. The van der Waals surface area contributed by atoms with Crippen molar-refractivity contribution in [2.75, 3.05) is 13.7 Å². The third-order valence-electron chi connectivity index (χ3n) is 5.60. The number of halogens is 1. The molecule has 1 heterocycles. The van der Waals surface area contributed by atoms with Crippen LogP contribution in [0.25, 0.3) is 27.7 Å². The van der Waals surface area contributed by atoms with E-state index in [2.05, 4.69) is 13.8 Å². The number of aromatic carboxylic acids is 1. The fourth-order valence-corrected chi connectivity index (χ4v) is 4.28. The van der Waals surface area contributed by atoms with E-state index in [1.54, 1.807) is 55.6 Å². The summed E-state index contributed by atoms with van der Waals surface area (Å²) >= 11 is 0. The van der Waals surface area contributed by atoms with Crippen LogP contribution in [-0.4, -0.2) is 34.5 Å². The number of aromatic hydroxyl groups is 1. The Morgan fingerprint density at radius 2 is 1.69 bits per heavy atom. The third kappa shape index (κ3) is 3.74. The second-order valence-electron chi connectivity index (χ2n) is 8.44. The van der Waals surface area contributed by atoms with E-state index in [1.807, 2.05) is 10.6 Å². The summed E-state index contributed by atoms with van der Waals surface area (Å²) in [6, 6.07) is 18.1. The van der Waals surface area contributed by atoms with Crippen molar-refractivity contribution < 1.29 is 24.1 Å². The molecule has 2 N–H and O–H groups in total. The number of carbonyl (C=O) groups is 1. The minimum Gasteiger partial charge on any atom is -0.508 e. The quantitative estimate of drug-likeness (QED) is 0.405. The average Bonchev–Trinajstić information content (AvgIpc) is 3.09. The molecule has 0 radical (unpaired) electrons. The van der Waals surface area contributed by atoms with E-state index in [0.29, 0.717) is 6.61 Å². The standard InChI is InChI=1S/C26H24FNO4/c1-26(2,15-32-3)24-23(16-4-6-17(7-5-16)25(30)31)21-14-20(29)12-13-22(21)28(24)19-10-8-18(27)9-11-19/h4-14,29H,15H2,1-3H3,(H,30,31). The van der Waals surface area contributed by atoms with Gasteiger partial charge < -0.3 is 19.5 Å². The second-order valence-corrected chi connectivity index (χ2v) is 8.44. The van der Waals surface area contributed by atoms with Crippen molar-refractivity contribution in [3.05, 3.63) is 83.8 Å². The van der Waals surface area contributed by atoms with Gasteiger partial charge in [-0.1, -0.05) is 26.0 Å². The lowest BCUT2D eigenvalue weighted by Crippen LogP contribution is -2.27. The molecular formula is C26H24FNO4. The molecule has 0 aliphatic rings. The second kappa shape index (κ2) is 8.13. The first kappa shape index (κ1) is 21.6. The number of methoxy groups -OCH3 is 1. The third-order valence-corrected chi connectivity index (χ3v) is 5.60. The highest BCUT2D eigenvalue weighted by molar-refractivity contribution is 6.01. The zero-order valence-electron chi connectivity index (χ0n) is 18.1. The molecule has 4 aromatic rings. The smallest absolute Gasteiger partial charge is 0.335 e. The zero-order chi connectivity index (χ0) is 23.0. The van der Waals surface area contributed by atoms with E-state index in [-0.39, 0.29) is 17.1 Å². The molecule has 0 saturated carbocycles. The first-order valence-electron chi connectivity index (χ1n) is 10.2. The normalized spacial score (nSPS) is 11.8. The van der Waals surface area contributed by atoms with Crippen molar-refractivity contribution in [1.82, 2.24) is 4.57 Å². The Bertz CT molecular complexity index is 1290. The fourth-order valence-electron chi connectivity index (χ4n) is 4.28. The summed E-state index contributed by atoms with van der Waals surface area (Å²) in [6.45, 7) is 4.52. The molecule has 1 aromatic heterocycles. The number of hydrogen-bond donors (Lipinski definition) is 2. The van der Waals surface area contributed by atoms with Crippen molar-refractivity contribution in [1.29, 1.82) is 0 Å². The highest BCUT2D eigenvalue weighted by Gasteiger charge is 2.32. The van der Waals surface area contributed by atoms with Crippen molar-refractivity contribution >= 4 is 16.9 Å². The van der Waals surface area contributed by atoms with Gasteiger partial charge in [0.25, 0.3) is 0 Å². The van der Waals surface area contributed by atoms with Crippen LogP contribution in [0.3, 0.4) is 0 Å². The summed E-state index contributed by atoms with van der Waals surface area (Å²) in [5, 5.41) is 20.4. The number of carboxylic acid groups (broad SMARTS) is 1. The summed E-state index contributed by atoms with van der Waals surface area (Å²) < 4.78 is 21.3. The van der Waals surface area contributed by atoms with Crippen molar-refractivity contribution in [2.24, 2.45) is 0 Å². The first-order valence-corrected chi connectivity index (χ1v) is 10.2. The molecule has 0 fully saturated rings. The van der Waals surface area contributed by atoms with E-state index < -0.39 is 11.4 Å². The Morgan fingerprint density at radius 1 is 1.03 bits per heavy atom. The minimum atomic E-state index is -0.997. The van der Waals surface area contributed by atoms with Gasteiger partial charge in [-0.25, -0.2) is 9.18 Å². The molecular weight excluding hydrogens is 409 g/mol. The SMILES string of the molecule is COCC(C)(C)c1c(-c2ccc(C(=O)O)cc2)c2cc(O)ccc2n1-c1ccc(F)cc1. The average molecular weight is 433 g/mol. The number of hydrogen-bond acceptors (Lipinski definition) is 3. The molecule has 3 aromatic carbocycles. The number of fused-ring (bicyclic) bond motifs is 1. The van der Waals surface area contributed by atoms with Crippen LogP contribution in [0.1, 0.15) is 29.9 Å². The van der Waals surface area contributed by atoms with Crippen LogP contribution in [0, 0.1) is 5.82 Å². The summed E-state index contributed by atoms with van der Waals surface area (Å²) in [5.74, 6) is -1.21. The van der Waals surface area contributed by atoms with Crippen molar-refractivity contribution in [3.63, 3.8) is 0 Å². The van der Waals surface area contributed by atoms with Gasteiger partial charge in [0.15, 0.2) is 0 Å². The summed E-state index contributed by atoms with van der Waals surface area (Å²) in [6.07, 6.45) is 0. The Hall–Kier alpha value is -3.64. The largest absolute Gasteiger partial charge is 0.508 e. The Labute approximate surface area is 185 Å². The van der Waals surface area contributed by atoms with Gasteiger partial charge in [0.2, 0.25) is 0 Å².